The standard InChI is InChI=1S/C13H22N4O2/c1-3-4-9-17-11(14)10(13(18)19-2)12(15-17)16-7-5-6-8-16/h3-9,14H2,1-2H3. The Morgan fingerprint density at radius 2 is 2.11 bits per heavy atom. The van der Waals surface area contributed by atoms with E-state index in [1.165, 1.54) is 7.11 Å². The molecule has 0 unspecified atom stereocenters. The second-order valence-electron chi connectivity index (χ2n) is 4.85. The van der Waals surface area contributed by atoms with Crippen molar-refractivity contribution in [2.75, 3.05) is 30.8 Å². The van der Waals surface area contributed by atoms with E-state index in [0.29, 0.717) is 17.2 Å². The highest BCUT2D eigenvalue weighted by atomic mass is 16.5. The molecule has 0 atom stereocenters. The van der Waals surface area contributed by atoms with Crippen LogP contribution >= 0.6 is 0 Å². The highest BCUT2D eigenvalue weighted by Crippen LogP contribution is 2.28. The lowest BCUT2D eigenvalue weighted by atomic mass is 10.3. The first kappa shape index (κ1) is 13.7. The predicted octanol–water partition coefficient (Wildman–Crippen LogP) is 1.65. The molecule has 1 aromatic heterocycles. The van der Waals surface area contributed by atoms with Gasteiger partial charge in [0.15, 0.2) is 5.82 Å². The summed E-state index contributed by atoms with van der Waals surface area (Å²) >= 11 is 0. The van der Waals surface area contributed by atoms with Crippen molar-refractivity contribution < 1.29 is 9.53 Å². The van der Waals surface area contributed by atoms with E-state index in [9.17, 15) is 4.79 Å². The molecule has 0 aromatic carbocycles. The molecular weight excluding hydrogens is 244 g/mol. The minimum atomic E-state index is -0.401. The van der Waals surface area contributed by atoms with Crippen molar-refractivity contribution in [2.45, 2.75) is 39.2 Å². The number of rotatable bonds is 5. The number of hydrogen-bond acceptors (Lipinski definition) is 5. The number of nitrogen functional groups attached to an aromatic ring is 1. The summed E-state index contributed by atoms with van der Waals surface area (Å²) in [5, 5.41) is 4.52. The monoisotopic (exact) mass is 266 g/mol. The number of hydrogen-bond donors (Lipinski definition) is 1. The maximum Gasteiger partial charge on any atom is 0.345 e. The number of aromatic nitrogens is 2. The molecule has 0 spiro atoms. The number of methoxy groups -OCH3 is 1. The number of nitrogens with two attached hydrogens (primary N) is 1. The molecule has 2 heterocycles. The highest BCUT2D eigenvalue weighted by molar-refractivity contribution is 5.99. The summed E-state index contributed by atoms with van der Waals surface area (Å²) in [5.41, 5.74) is 6.48. The van der Waals surface area contributed by atoms with Crippen LogP contribution < -0.4 is 10.6 Å². The first-order chi connectivity index (χ1) is 9.19. The van der Waals surface area contributed by atoms with E-state index < -0.39 is 5.97 Å². The van der Waals surface area contributed by atoms with Gasteiger partial charge in [-0.05, 0) is 19.3 Å². The van der Waals surface area contributed by atoms with Crippen LogP contribution in [-0.2, 0) is 11.3 Å². The first-order valence-corrected chi connectivity index (χ1v) is 6.88. The van der Waals surface area contributed by atoms with Crippen molar-refractivity contribution in [3.63, 3.8) is 0 Å². The SMILES string of the molecule is CCCCn1nc(N2CCCC2)c(C(=O)OC)c1N. The maximum atomic E-state index is 11.9. The maximum absolute atomic E-state index is 11.9. The normalized spacial score (nSPS) is 14.9. The molecule has 19 heavy (non-hydrogen) atoms. The average molecular weight is 266 g/mol. The third kappa shape index (κ3) is 2.67. The van der Waals surface area contributed by atoms with Gasteiger partial charge in [0.1, 0.15) is 11.4 Å². The molecule has 0 saturated carbocycles. The van der Waals surface area contributed by atoms with Gasteiger partial charge in [0.25, 0.3) is 0 Å². The third-order valence-electron chi connectivity index (χ3n) is 3.49. The van der Waals surface area contributed by atoms with Crippen LogP contribution in [-0.4, -0.2) is 35.9 Å². The molecule has 1 aliphatic rings. The van der Waals surface area contributed by atoms with Gasteiger partial charge in [0, 0.05) is 19.6 Å². The van der Waals surface area contributed by atoms with Crippen molar-refractivity contribution in [2.24, 2.45) is 0 Å². The van der Waals surface area contributed by atoms with E-state index in [1.54, 1.807) is 4.68 Å². The zero-order valence-electron chi connectivity index (χ0n) is 11.7. The number of ether oxygens (including phenoxy) is 1. The fourth-order valence-corrected chi connectivity index (χ4v) is 2.39. The summed E-state index contributed by atoms with van der Waals surface area (Å²) in [6, 6.07) is 0. The third-order valence-corrected chi connectivity index (χ3v) is 3.49. The Kier molecular flexibility index (Phi) is 4.29. The Morgan fingerprint density at radius 1 is 1.42 bits per heavy atom. The summed E-state index contributed by atoms with van der Waals surface area (Å²) < 4.78 is 6.56. The van der Waals surface area contributed by atoms with E-state index in [2.05, 4.69) is 16.9 Å². The number of nitrogens with zero attached hydrogens (tertiary/aromatic N) is 3. The van der Waals surface area contributed by atoms with Gasteiger partial charge in [-0.15, -0.1) is 0 Å². The van der Waals surface area contributed by atoms with Crippen molar-refractivity contribution in [1.82, 2.24) is 9.78 Å². The van der Waals surface area contributed by atoms with E-state index in [0.717, 1.165) is 45.3 Å². The lowest BCUT2D eigenvalue weighted by molar-refractivity contribution is 0.0602. The van der Waals surface area contributed by atoms with Gasteiger partial charge < -0.3 is 15.4 Å². The molecular formula is C13H22N4O2. The second-order valence-corrected chi connectivity index (χ2v) is 4.85. The van der Waals surface area contributed by atoms with Crippen LogP contribution in [0.4, 0.5) is 11.6 Å². The summed E-state index contributed by atoms with van der Waals surface area (Å²) in [4.78, 5) is 14.0. The van der Waals surface area contributed by atoms with Crippen LogP contribution in [0.15, 0.2) is 0 Å². The number of unbranched alkanes of at least 4 members (excludes halogenated alkanes) is 1. The molecule has 1 aliphatic heterocycles. The Hall–Kier alpha value is -1.72. The summed E-state index contributed by atoms with van der Waals surface area (Å²) in [5.74, 6) is 0.697. The smallest absolute Gasteiger partial charge is 0.345 e. The van der Waals surface area contributed by atoms with E-state index in [-0.39, 0.29) is 0 Å². The van der Waals surface area contributed by atoms with Gasteiger partial charge in [-0.25, -0.2) is 9.48 Å². The van der Waals surface area contributed by atoms with Crippen molar-refractivity contribution in [3.8, 4) is 0 Å². The quantitative estimate of drug-likeness (QED) is 0.820. The zero-order chi connectivity index (χ0) is 13.8. The van der Waals surface area contributed by atoms with Crippen LogP contribution in [0, 0.1) is 0 Å². The van der Waals surface area contributed by atoms with Gasteiger partial charge in [-0.3, -0.25) is 0 Å². The van der Waals surface area contributed by atoms with E-state index in [4.69, 9.17) is 10.5 Å². The summed E-state index contributed by atoms with van der Waals surface area (Å²) in [6.45, 7) is 4.70. The Morgan fingerprint density at radius 3 is 2.68 bits per heavy atom. The first-order valence-electron chi connectivity index (χ1n) is 6.88. The number of carbonyl (C=O) groups excluding carboxylic acids is 1. The van der Waals surface area contributed by atoms with E-state index >= 15 is 0 Å². The molecule has 1 aromatic rings. The molecule has 2 N–H and O–H groups in total. The van der Waals surface area contributed by atoms with Gasteiger partial charge in [-0.1, -0.05) is 13.3 Å². The molecule has 6 heteroatoms. The van der Waals surface area contributed by atoms with Crippen LogP contribution in [0.1, 0.15) is 43.0 Å². The minimum absolute atomic E-state index is 0.401. The van der Waals surface area contributed by atoms with Crippen molar-refractivity contribution >= 4 is 17.6 Å². The molecule has 0 bridgehead atoms. The fraction of sp³-hybridized carbons (Fsp3) is 0.692. The fourth-order valence-electron chi connectivity index (χ4n) is 2.39. The second kappa shape index (κ2) is 5.95. The molecule has 0 aliphatic carbocycles. The van der Waals surface area contributed by atoms with Crippen molar-refractivity contribution in [3.05, 3.63) is 5.56 Å². The zero-order valence-corrected chi connectivity index (χ0v) is 11.7. The Balaban J connectivity index is 2.35. The minimum Gasteiger partial charge on any atom is -0.465 e. The predicted molar refractivity (Wildman–Crippen MR) is 74.3 cm³/mol. The van der Waals surface area contributed by atoms with Crippen LogP contribution in [0.25, 0.3) is 0 Å². The van der Waals surface area contributed by atoms with Crippen LogP contribution in [0.2, 0.25) is 0 Å². The number of aryl methyl sites for hydroxylation is 1. The molecule has 106 valence electrons. The Bertz CT molecular complexity index is 450. The average Bonchev–Trinajstić information content (AvgIpc) is 3.03. The van der Waals surface area contributed by atoms with Crippen LogP contribution in [0.3, 0.4) is 0 Å². The molecule has 2 rings (SSSR count). The van der Waals surface area contributed by atoms with Gasteiger partial charge in [0.2, 0.25) is 0 Å². The highest BCUT2D eigenvalue weighted by Gasteiger charge is 2.27. The van der Waals surface area contributed by atoms with Gasteiger partial charge in [-0.2, -0.15) is 5.10 Å². The van der Waals surface area contributed by atoms with Crippen LogP contribution in [0.5, 0.6) is 0 Å². The Labute approximate surface area is 113 Å². The lowest BCUT2D eigenvalue weighted by Crippen LogP contribution is -2.21. The molecule has 1 fully saturated rings. The number of esters is 1. The van der Waals surface area contributed by atoms with Gasteiger partial charge in [0.05, 0.1) is 7.11 Å². The molecule has 0 amide bonds. The van der Waals surface area contributed by atoms with Gasteiger partial charge >= 0.3 is 5.97 Å². The lowest BCUT2D eigenvalue weighted by Gasteiger charge is -2.15. The molecule has 1 saturated heterocycles. The molecule has 6 nitrogen and oxygen atoms in total. The van der Waals surface area contributed by atoms with Crippen molar-refractivity contribution in [1.29, 1.82) is 0 Å². The van der Waals surface area contributed by atoms with E-state index in [1.807, 2.05) is 0 Å². The molecule has 0 radical (unpaired) electrons. The summed E-state index contributed by atoms with van der Waals surface area (Å²) in [6.07, 6.45) is 4.31. The number of carbonyl (C=O) groups is 1. The number of anilines is 2. The summed E-state index contributed by atoms with van der Waals surface area (Å²) in [7, 11) is 1.37. The largest absolute Gasteiger partial charge is 0.465 e. The topological polar surface area (TPSA) is 73.4 Å².